The van der Waals surface area contributed by atoms with Gasteiger partial charge in [-0.25, -0.2) is 0 Å². The van der Waals surface area contributed by atoms with Crippen molar-refractivity contribution in [3.63, 3.8) is 0 Å². The van der Waals surface area contributed by atoms with Gasteiger partial charge in [-0.2, -0.15) is 5.26 Å². The molecule has 0 saturated heterocycles. The maximum absolute atomic E-state index is 8.74. The Labute approximate surface area is 115 Å². The number of hydrogen-bond acceptors (Lipinski definition) is 3. The average Bonchev–Trinajstić information content (AvgIpc) is 2.36. The normalized spacial score (nSPS) is 10.0. The highest BCUT2D eigenvalue weighted by molar-refractivity contribution is 7.99. The molecule has 0 fully saturated rings. The van der Waals surface area contributed by atoms with Crippen LogP contribution in [0.25, 0.3) is 0 Å². The molecular weight excluding hydrogens is 264 g/mol. The Bertz CT molecular complexity index is 605. The molecule has 2 rings (SSSR count). The summed E-state index contributed by atoms with van der Waals surface area (Å²) >= 11 is 7.67. The Morgan fingerprint density at radius 2 is 2.00 bits per heavy atom. The SMILES string of the molecule is N#CCc1cc(Sc2ccccc2Cl)ccc1N. The van der Waals surface area contributed by atoms with E-state index >= 15 is 0 Å². The molecule has 0 atom stereocenters. The number of benzene rings is 2. The van der Waals surface area contributed by atoms with Crippen molar-refractivity contribution in [2.75, 3.05) is 5.73 Å². The van der Waals surface area contributed by atoms with E-state index in [1.54, 1.807) is 11.8 Å². The molecule has 0 aliphatic heterocycles. The topological polar surface area (TPSA) is 49.8 Å². The quantitative estimate of drug-likeness (QED) is 0.856. The predicted molar refractivity (Wildman–Crippen MR) is 75.7 cm³/mol. The molecule has 0 heterocycles. The van der Waals surface area contributed by atoms with Gasteiger partial charge in [-0.1, -0.05) is 35.5 Å². The van der Waals surface area contributed by atoms with Crippen LogP contribution in [-0.2, 0) is 6.42 Å². The minimum absolute atomic E-state index is 0.322. The van der Waals surface area contributed by atoms with Crippen molar-refractivity contribution in [2.24, 2.45) is 0 Å². The van der Waals surface area contributed by atoms with Gasteiger partial charge in [-0.05, 0) is 35.9 Å². The number of anilines is 1. The molecule has 4 heteroatoms. The lowest BCUT2D eigenvalue weighted by Crippen LogP contribution is -1.93. The molecule has 18 heavy (non-hydrogen) atoms. The largest absolute Gasteiger partial charge is 0.398 e. The Hall–Kier alpha value is -1.63. The molecule has 90 valence electrons. The molecule has 2 nitrogen and oxygen atoms in total. The molecule has 0 aliphatic carbocycles. The van der Waals surface area contributed by atoms with Gasteiger partial charge in [-0.3, -0.25) is 0 Å². The van der Waals surface area contributed by atoms with E-state index in [0.29, 0.717) is 12.1 Å². The Morgan fingerprint density at radius 1 is 1.22 bits per heavy atom. The summed E-state index contributed by atoms with van der Waals surface area (Å²) in [5.74, 6) is 0. The molecule has 0 amide bonds. The van der Waals surface area contributed by atoms with Crippen molar-refractivity contribution in [3.8, 4) is 6.07 Å². The van der Waals surface area contributed by atoms with Crippen LogP contribution in [-0.4, -0.2) is 0 Å². The molecule has 0 spiro atoms. The first-order valence-electron chi connectivity index (χ1n) is 5.38. The second-order valence-electron chi connectivity index (χ2n) is 3.73. The van der Waals surface area contributed by atoms with E-state index in [4.69, 9.17) is 22.6 Å². The first-order valence-corrected chi connectivity index (χ1v) is 6.58. The number of rotatable bonds is 3. The number of nitrogens with two attached hydrogens (primary N) is 1. The van der Waals surface area contributed by atoms with Gasteiger partial charge in [0, 0.05) is 15.5 Å². The number of hydrogen-bond donors (Lipinski definition) is 1. The molecule has 0 unspecified atom stereocenters. The van der Waals surface area contributed by atoms with Crippen molar-refractivity contribution >= 4 is 29.1 Å². The van der Waals surface area contributed by atoms with Crippen LogP contribution in [0.2, 0.25) is 5.02 Å². The van der Waals surface area contributed by atoms with Crippen molar-refractivity contribution in [1.29, 1.82) is 5.26 Å². The monoisotopic (exact) mass is 274 g/mol. The number of nitrogen functional groups attached to an aromatic ring is 1. The molecule has 0 saturated carbocycles. The van der Waals surface area contributed by atoms with Gasteiger partial charge < -0.3 is 5.73 Å². The van der Waals surface area contributed by atoms with Crippen LogP contribution in [0.1, 0.15) is 5.56 Å². The molecule has 0 aliphatic rings. The molecule has 2 aromatic rings. The second kappa shape index (κ2) is 5.81. The van der Waals surface area contributed by atoms with Crippen LogP contribution in [0, 0.1) is 11.3 Å². The minimum atomic E-state index is 0.322. The van der Waals surface area contributed by atoms with E-state index in [9.17, 15) is 0 Å². The summed E-state index contributed by atoms with van der Waals surface area (Å²) in [5, 5.41) is 9.46. The third-order valence-electron chi connectivity index (χ3n) is 2.45. The fourth-order valence-corrected chi connectivity index (χ4v) is 2.69. The number of nitriles is 1. The summed E-state index contributed by atoms with van der Waals surface area (Å²) in [6.45, 7) is 0. The fourth-order valence-electron chi connectivity index (χ4n) is 1.54. The second-order valence-corrected chi connectivity index (χ2v) is 5.25. The van der Waals surface area contributed by atoms with Crippen molar-refractivity contribution < 1.29 is 0 Å². The summed E-state index contributed by atoms with van der Waals surface area (Å²) < 4.78 is 0. The molecule has 0 bridgehead atoms. The standard InChI is InChI=1S/C14H11ClN2S/c15-12-3-1-2-4-14(12)18-11-5-6-13(17)10(9-11)7-8-16/h1-6,9H,7,17H2. The number of halogens is 1. The average molecular weight is 275 g/mol. The molecule has 2 N–H and O–H groups in total. The summed E-state index contributed by atoms with van der Waals surface area (Å²) in [6, 6.07) is 15.5. The van der Waals surface area contributed by atoms with Crippen LogP contribution in [0.3, 0.4) is 0 Å². The van der Waals surface area contributed by atoms with Crippen LogP contribution >= 0.6 is 23.4 Å². The Kier molecular flexibility index (Phi) is 4.14. The maximum atomic E-state index is 8.74. The predicted octanol–water partition coefficient (Wildman–Crippen LogP) is 4.14. The van der Waals surface area contributed by atoms with Gasteiger partial charge in [0.25, 0.3) is 0 Å². The van der Waals surface area contributed by atoms with E-state index in [2.05, 4.69) is 6.07 Å². The number of nitrogens with zero attached hydrogens (tertiary/aromatic N) is 1. The van der Waals surface area contributed by atoms with Crippen molar-refractivity contribution in [3.05, 3.63) is 53.1 Å². The summed E-state index contributed by atoms with van der Waals surface area (Å²) in [7, 11) is 0. The summed E-state index contributed by atoms with van der Waals surface area (Å²) in [4.78, 5) is 2.02. The first kappa shape index (κ1) is 12.8. The lowest BCUT2D eigenvalue weighted by atomic mass is 10.1. The van der Waals surface area contributed by atoms with Crippen LogP contribution in [0.4, 0.5) is 5.69 Å². The summed E-state index contributed by atoms with van der Waals surface area (Å²) in [5.41, 5.74) is 7.32. The maximum Gasteiger partial charge on any atom is 0.0670 e. The third kappa shape index (κ3) is 2.98. The smallest absolute Gasteiger partial charge is 0.0670 e. The van der Waals surface area contributed by atoms with Gasteiger partial charge in [0.2, 0.25) is 0 Å². The highest BCUT2D eigenvalue weighted by Gasteiger charge is 2.05. The molecule has 2 aromatic carbocycles. The van der Waals surface area contributed by atoms with Crippen LogP contribution < -0.4 is 5.73 Å². The van der Waals surface area contributed by atoms with Gasteiger partial charge in [-0.15, -0.1) is 0 Å². The van der Waals surface area contributed by atoms with E-state index in [1.165, 1.54) is 0 Å². The summed E-state index contributed by atoms with van der Waals surface area (Å²) in [6.07, 6.45) is 0.322. The van der Waals surface area contributed by atoms with Crippen molar-refractivity contribution in [1.82, 2.24) is 0 Å². The fraction of sp³-hybridized carbons (Fsp3) is 0.0714. The van der Waals surface area contributed by atoms with E-state index in [0.717, 1.165) is 20.4 Å². The lowest BCUT2D eigenvalue weighted by molar-refractivity contribution is 1.23. The zero-order valence-corrected chi connectivity index (χ0v) is 11.1. The first-order chi connectivity index (χ1) is 8.70. The lowest BCUT2D eigenvalue weighted by Gasteiger charge is -2.07. The van der Waals surface area contributed by atoms with E-state index in [-0.39, 0.29) is 0 Å². The van der Waals surface area contributed by atoms with Crippen LogP contribution in [0.5, 0.6) is 0 Å². The zero-order chi connectivity index (χ0) is 13.0. The Morgan fingerprint density at radius 3 is 2.72 bits per heavy atom. The highest BCUT2D eigenvalue weighted by Crippen LogP contribution is 2.34. The third-order valence-corrected chi connectivity index (χ3v) is 3.96. The molecule has 0 radical (unpaired) electrons. The zero-order valence-electron chi connectivity index (χ0n) is 9.56. The molecule has 0 aromatic heterocycles. The van der Waals surface area contributed by atoms with Gasteiger partial charge in [0.1, 0.15) is 0 Å². The van der Waals surface area contributed by atoms with Gasteiger partial charge >= 0.3 is 0 Å². The van der Waals surface area contributed by atoms with E-state index in [1.807, 2.05) is 42.5 Å². The van der Waals surface area contributed by atoms with Crippen molar-refractivity contribution in [2.45, 2.75) is 16.2 Å². The Balaban J connectivity index is 2.28. The highest BCUT2D eigenvalue weighted by atomic mass is 35.5. The van der Waals surface area contributed by atoms with Gasteiger partial charge in [0.05, 0.1) is 17.5 Å². The minimum Gasteiger partial charge on any atom is -0.398 e. The van der Waals surface area contributed by atoms with Crippen LogP contribution in [0.15, 0.2) is 52.3 Å². The van der Waals surface area contributed by atoms with E-state index < -0.39 is 0 Å². The van der Waals surface area contributed by atoms with Gasteiger partial charge in [0.15, 0.2) is 0 Å². The molecular formula is C14H11ClN2S.